The topological polar surface area (TPSA) is 47.4 Å². The van der Waals surface area contributed by atoms with E-state index < -0.39 is 0 Å². The molecule has 0 N–H and O–H groups in total. The Morgan fingerprint density at radius 2 is 2.30 bits per heavy atom. The maximum Gasteiger partial charge on any atom is 0.260 e. The molecule has 0 saturated carbocycles. The van der Waals surface area contributed by atoms with Gasteiger partial charge in [0.1, 0.15) is 11.6 Å². The summed E-state index contributed by atoms with van der Waals surface area (Å²) in [6.45, 7) is 0.474. The molecule has 0 atom stereocenters. The molecule has 106 valence electrons. The van der Waals surface area contributed by atoms with Gasteiger partial charge >= 0.3 is 0 Å². The van der Waals surface area contributed by atoms with Crippen LogP contribution >= 0.6 is 15.9 Å². The van der Waals surface area contributed by atoms with Crippen LogP contribution in [0.1, 0.15) is 5.82 Å². The number of likely N-dealkylation sites (N-methyl/N-ethyl adjacent to an activating group) is 1. The number of ether oxygens (including phenoxy) is 1. The van der Waals surface area contributed by atoms with E-state index in [1.165, 1.54) is 0 Å². The first-order valence-corrected chi connectivity index (χ1v) is 6.94. The second kappa shape index (κ2) is 6.56. The SMILES string of the molecule is CN(Cc1nccn1C)C(=O)COc1cccc(Br)c1. The van der Waals surface area contributed by atoms with Crippen molar-refractivity contribution in [2.45, 2.75) is 6.54 Å². The van der Waals surface area contributed by atoms with E-state index >= 15 is 0 Å². The van der Waals surface area contributed by atoms with Gasteiger partial charge in [0.05, 0.1) is 6.54 Å². The molecule has 0 saturated heterocycles. The molecule has 0 unspecified atom stereocenters. The highest BCUT2D eigenvalue weighted by Gasteiger charge is 2.12. The summed E-state index contributed by atoms with van der Waals surface area (Å²) in [5, 5.41) is 0. The zero-order valence-electron chi connectivity index (χ0n) is 11.4. The molecule has 0 spiro atoms. The Labute approximate surface area is 126 Å². The fraction of sp³-hybridized carbons (Fsp3) is 0.286. The summed E-state index contributed by atoms with van der Waals surface area (Å²) < 4.78 is 8.28. The molecule has 0 bridgehead atoms. The van der Waals surface area contributed by atoms with Crippen LogP contribution in [0.5, 0.6) is 5.75 Å². The number of benzene rings is 1. The molecule has 1 aromatic carbocycles. The van der Waals surface area contributed by atoms with Crippen molar-refractivity contribution in [2.24, 2.45) is 7.05 Å². The second-order valence-electron chi connectivity index (χ2n) is 4.45. The number of imidazole rings is 1. The molecule has 2 aromatic rings. The monoisotopic (exact) mass is 337 g/mol. The van der Waals surface area contributed by atoms with Crippen LogP contribution in [0.2, 0.25) is 0 Å². The van der Waals surface area contributed by atoms with Crippen LogP contribution in [-0.4, -0.2) is 34.0 Å². The maximum absolute atomic E-state index is 12.0. The Morgan fingerprint density at radius 3 is 2.95 bits per heavy atom. The van der Waals surface area contributed by atoms with Crippen LogP contribution in [-0.2, 0) is 18.4 Å². The lowest BCUT2D eigenvalue weighted by Gasteiger charge is -2.17. The van der Waals surface area contributed by atoms with E-state index in [0.717, 1.165) is 10.3 Å². The Bertz CT molecular complexity index is 598. The third-order valence-electron chi connectivity index (χ3n) is 2.88. The second-order valence-corrected chi connectivity index (χ2v) is 5.37. The molecule has 20 heavy (non-hydrogen) atoms. The van der Waals surface area contributed by atoms with Crippen molar-refractivity contribution in [1.29, 1.82) is 0 Å². The van der Waals surface area contributed by atoms with Crippen LogP contribution in [0.15, 0.2) is 41.1 Å². The zero-order valence-corrected chi connectivity index (χ0v) is 13.0. The summed E-state index contributed by atoms with van der Waals surface area (Å²) in [5.41, 5.74) is 0. The Kier molecular flexibility index (Phi) is 4.79. The van der Waals surface area contributed by atoms with Gasteiger partial charge < -0.3 is 14.2 Å². The lowest BCUT2D eigenvalue weighted by atomic mass is 10.3. The van der Waals surface area contributed by atoms with Crippen LogP contribution in [0.3, 0.4) is 0 Å². The minimum atomic E-state index is -0.0898. The maximum atomic E-state index is 12.0. The van der Waals surface area contributed by atoms with E-state index in [4.69, 9.17) is 4.74 Å². The molecule has 0 fully saturated rings. The molecular weight excluding hydrogens is 322 g/mol. The van der Waals surface area contributed by atoms with Gasteiger partial charge in [-0.15, -0.1) is 0 Å². The van der Waals surface area contributed by atoms with Crippen LogP contribution in [0.4, 0.5) is 0 Å². The summed E-state index contributed by atoms with van der Waals surface area (Å²) in [4.78, 5) is 17.8. The smallest absolute Gasteiger partial charge is 0.260 e. The lowest BCUT2D eigenvalue weighted by molar-refractivity contribution is -0.132. The Morgan fingerprint density at radius 1 is 1.50 bits per heavy atom. The highest BCUT2D eigenvalue weighted by atomic mass is 79.9. The zero-order chi connectivity index (χ0) is 14.5. The first-order chi connectivity index (χ1) is 9.56. The van der Waals surface area contributed by atoms with E-state index in [9.17, 15) is 4.79 Å². The van der Waals surface area contributed by atoms with Crippen molar-refractivity contribution in [3.05, 3.63) is 47.0 Å². The molecule has 5 nitrogen and oxygen atoms in total. The standard InChI is InChI=1S/C14H16BrN3O2/c1-17-7-6-16-13(17)9-18(2)14(19)10-20-12-5-3-4-11(15)8-12/h3-8H,9-10H2,1-2H3. The number of amides is 1. The van der Waals surface area contributed by atoms with Crippen molar-refractivity contribution >= 4 is 21.8 Å². The van der Waals surface area contributed by atoms with Crippen molar-refractivity contribution < 1.29 is 9.53 Å². The molecule has 2 rings (SSSR count). The van der Waals surface area contributed by atoms with Gasteiger partial charge in [-0.2, -0.15) is 0 Å². The summed E-state index contributed by atoms with van der Waals surface area (Å²) in [6, 6.07) is 7.41. The van der Waals surface area contributed by atoms with E-state index in [2.05, 4.69) is 20.9 Å². The van der Waals surface area contributed by atoms with Gasteiger partial charge in [-0.25, -0.2) is 4.98 Å². The molecule has 1 heterocycles. The average molecular weight is 338 g/mol. The minimum Gasteiger partial charge on any atom is -0.484 e. The molecule has 6 heteroatoms. The van der Waals surface area contributed by atoms with Gasteiger partial charge in [0.25, 0.3) is 5.91 Å². The van der Waals surface area contributed by atoms with Crippen molar-refractivity contribution in [1.82, 2.24) is 14.5 Å². The highest BCUT2D eigenvalue weighted by molar-refractivity contribution is 9.10. The average Bonchev–Trinajstić information content (AvgIpc) is 2.81. The molecule has 0 aliphatic carbocycles. The van der Waals surface area contributed by atoms with Crippen LogP contribution < -0.4 is 4.74 Å². The predicted molar refractivity (Wildman–Crippen MR) is 79.3 cm³/mol. The number of carbonyl (C=O) groups excluding carboxylic acids is 1. The summed E-state index contributed by atoms with van der Waals surface area (Å²) >= 11 is 3.36. The fourth-order valence-electron chi connectivity index (χ4n) is 1.66. The fourth-order valence-corrected chi connectivity index (χ4v) is 2.04. The molecule has 1 amide bonds. The number of carbonyl (C=O) groups is 1. The number of aromatic nitrogens is 2. The third-order valence-corrected chi connectivity index (χ3v) is 3.38. The number of aryl methyl sites for hydroxylation is 1. The van der Waals surface area contributed by atoms with Gasteiger partial charge in [-0.05, 0) is 18.2 Å². The molecule has 1 aromatic heterocycles. The van der Waals surface area contributed by atoms with Crippen molar-refractivity contribution in [3.8, 4) is 5.75 Å². The first kappa shape index (κ1) is 14.6. The predicted octanol–water partition coefficient (Wildman–Crippen LogP) is 2.22. The summed E-state index contributed by atoms with van der Waals surface area (Å²) in [6.07, 6.45) is 3.57. The van der Waals surface area contributed by atoms with Gasteiger partial charge in [-0.3, -0.25) is 4.79 Å². The molecule has 0 aliphatic rings. The number of rotatable bonds is 5. The number of hydrogen-bond donors (Lipinski definition) is 0. The van der Waals surface area contributed by atoms with E-state index in [0.29, 0.717) is 12.3 Å². The Hall–Kier alpha value is -1.82. The number of hydrogen-bond acceptors (Lipinski definition) is 3. The number of nitrogens with zero attached hydrogens (tertiary/aromatic N) is 3. The van der Waals surface area contributed by atoms with Crippen LogP contribution in [0.25, 0.3) is 0 Å². The minimum absolute atomic E-state index is 0.0113. The lowest BCUT2D eigenvalue weighted by Crippen LogP contribution is -2.31. The highest BCUT2D eigenvalue weighted by Crippen LogP contribution is 2.17. The van der Waals surface area contributed by atoms with E-state index in [1.54, 1.807) is 18.1 Å². The first-order valence-electron chi connectivity index (χ1n) is 6.15. The van der Waals surface area contributed by atoms with E-state index in [1.807, 2.05) is 42.1 Å². The normalized spacial score (nSPS) is 10.3. The van der Waals surface area contributed by atoms with Crippen molar-refractivity contribution in [3.63, 3.8) is 0 Å². The number of halogens is 1. The molecular formula is C14H16BrN3O2. The third kappa shape index (κ3) is 3.84. The van der Waals surface area contributed by atoms with E-state index in [-0.39, 0.29) is 12.5 Å². The quantitative estimate of drug-likeness (QED) is 0.840. The summed E-state index contributed by atoms with van der Waals surface area (Å²) in [5.74, 6) is 1.41. The molecule has 0 aliphatic heterocycles. The Balaban J connectivity index is 1.87. The van der Waals surface area contributed by atoms with Gasteiger partial charge in [0.2, 0.25) is 0 Å². The van der Waals surface area contributed by atoms with Gasteiger partial charge in [0.15, 0.2) is 6.61 Å². The molecule has 0 radical (unpaired) electrons. The van der Waals surface area contributed by atoms with Crippen molar-refractivity contribution in [2.75, 3.05) is 13.7 Å². The summed E-state index contributed by atoms with van der Waals surface area (Å²) in [7, 11) is 3.64. The van der Waals surface area contributed by atoms with Crippen LogP contribution in [0, 0.1) is 0 Å². The largest absolute Gasteiger partial charge is 0.484 e. The van der Waals surface area contributed by atoms with Gasteiger partial charge in [0, 0.05) is 31.0 Å². The van der Waals surface area contributed by atoms with Gasteiger partial charge in [-0.1, -0.05) is 22.0 Å².